The van der Waals surface area contributed by atoms with Gasteiger partial charge in [0, 0.05) is 12.5 Å². The van der Waals surface area contributed by atoms with Crippen molar-refractivity contribution in [2.75, 3.05) is 13.7 Å². The summed E-state index contributed by atoms with van der Waals surface area (Å²) in [5.74, 6) is 0.905. The molecule has 1 aromatic carbocycles. The molecule has 0 aliphatic heterocycles. The fraction of sp³-hybridized carbons (Fsp3) is 0.385. The molecule has 0 radical (unpaired) electrons. The van der Waals surface area contributed by atoms with E-state index in [1.54, 1.807) is 19.1 Å². The number of nitro groups is 1. The van der Waals surface area contributed by atoms with Gasteiger partial charge in [0.15, 0.2) is 11.5 Å². The van der Waals surface area contributed by atoms with Crippen molar-refractivity contribution in [2.24, 2.45) is 0 Å². The Morgan fingerprint density at radius 1 is 1.47 bits per heavy atom. The molecule has 0 atom stereocenters. The maximum atomic E-state index is 10.8. The van der Waals surface area contributed by atoms with Crippen LogP contribution in [0.15, 0.2) is 17.8 Å². The van der Waals surface area contributed by atoms with Gasteiger partial charge in [-0.2, -0.15) is 0 Å². The van der Waals surface area contributed by atoms with Gasteiger partial charge in [-0.1, -0.05) is 18.5 Å². The van der Waals surface area contributed by atoms with Crippen LogP contribution in [-0.4, -0.2) is 18.6 Å². The maximum Gasteiger partial charge on any atom is 0.246 e. The Balaban J connectivity index is 3.27. The van der Waals surface area contributed by atoms with E-state index in [2.05, 4.69) is 0 Å². The van der Waals surface area contributed by atoms with Crippen molar-refractivity contribution in [1.29, 1.82) is 0 Å². The number of ether oxygens (including phenoxy) is 2. The zero-order valence-electron chi connectivity index (χ0n) is 11.1. The molecule has 0 aliphatic carbocycles. The van der Waals surface area contributed by atoms with Crippen molar-refractivity contribution in [1.82, 2.24) is 0 Å². The molecule has 0 aromatic heterocycles. The summed E-state index contributed by atoms with van der Waals surface area (Å²) >= 11 is 6.07. The minimum absolute atomic E-state index is 0.115. The lowest BCUT2D eigenvalue weighted by Gasteiger charge is -2.11. The minimum atomic E-state index is -0.404. The molecule has 0 heterocycles. The Bertz CT molecular complexity index is 500. The van der Waals surface area contributed by atoms with Gasteiger partial charge in [-0.3, -0.25) is 10.1 Å². The second-order valence-corrected chi connectivity index (χ2v) is 4.12. The molecule has 0 spiro atoms. The number of nitrogens with zero attached hydrogens (tertiary/aromatic N) is 1. The fourth-order valence-electron chi connectivity index (χ4n) is 1.61. The zero-order valence-corrected chi connectivity index (χ0v) is 11.9. The molecule has 0 amide bonds. The average molecular weight is 286 g/mol. The third-order valence-corrected chi connectivity index (χ3v) is 2.75. The van der Waals surface area contributed by atoms with Crippen LogP contribution < -0.4 is 9.47 Å². The molecule has 0 saturated carbocycles. The van der Waals surface area contributed by atoms with Gasteiger partial charge in [-0.15, -0.1) is 0 Å². The summed E-state index contributed by atoms with van der Waals surface area (Å²) < 4.78 is 10.6. The summed E-state index contributed by atoms with van der Waals surface area (Å²) in [6.45, 7) is 4.02. The first-order chi connectivity index (χ1) is 9.03. The highest BCUT2D eigenvalue weighted by Gasteiger charge is 2.13. The van der Waals surface area contributed by atoms with Crippen LogP contribution in [0.25, 0.3) is 6.08 Å². The number of allylic oxidation sites excluding steroid dienone is 1. The molecular formula is C13H16ClNO4. The summed E-state index contributed by atoms with van der Waals surface area (Å²) in [6, 6.07) is 3.29. The van der Waals surface area contributed by atoms with Crippen LogP contribution in [0.2, 0.25) is 5.02 Å². The predicted octanol–water partition coefficient (Wildman–Crippen LogP) is 3.77. The normalized spacial score (nSPS) is 11.3. The highest BCUT2D eigenvalue weighted by Crippen LogP contribution is 2.37. The summed E-state index contributed by atoms with van der Waals surface area (Å²) in [6.07, 6.45) is 1.81. The van der Waals surface area contributed by atoms with Crippen molar-refractivity contribution in [2.45, 2.75) is 20.3 Å². The van der Waals surface area contributed by atoms with Crippen molar-refractivity contribution >= 4 is 17.7 Å². The van der Waals surface area contributed by atoms with E-state index in [1.165, 1.54) is 13.2 Å². The van der Waals surface area contributed by atoms with E-state index in [0.29, 0.717) is 35.1 Å². The minimum Gasteiger partial charge on any atom is -0.491 e. The molecular weight excluding hydrogens is 270 g/mol. The topological polar surface area (TPSA) is 61.6 Å². The number of hydrogen-bond donors (Lipinski definition) is 0. The van der Waals surface area contributed by atoms with Crippen LogP contribution in [0.5, 0.6) is 11.5 Å². The van der Waals surface area contributed by atoms with E-state index >= 15 is 0 Å². The van der Waals surface area contributed by atoms with Gasteiger partial charge >= 0.3 is 0 Å². The lowest BCUT2D eigenvalue weighted by Crippen LogP contribution is -1.99. The summed E-state index contributed by atoms with van der Waals surface area (Å²) in [7, 11) is 1.49. The number of hydrogen-bond acceptors (Lipinski definition) is 4. The molecule has 1 rings (SSSR count). The average Bonchev–Trinajstić information content (AvgIpc) is 2.35. The first-order valence-corrected chi connectivity index (χ1v) is 6.26. The first-order valence-electron chi connectivity index (χ1n) is 5.88. The summed E-state index contributed by atoms with van der Waals surface area (Å²) in [4.78, 5) is 10.4. The van der Waals surface area contributed by atoms with E-state index in [0.717, 1.165) is 0 Å². The maximum absolute atomic E-state index is 10.8. The fourth-order valence-corrected chi connectivity index (χ4v) is 1.90. The molecule has 6 heteroatoms. The van der Waals surface area contributed by atoms with Gasteiger partial charge in [0.1, 0.15) is 0 Å². The molecule has 0 N–H and O–H groups in total. The van der Waals surface area contributed by atoms with E-state index in [1.807, 2.05) is 6.92 Å². The first kappa shape index (κ1) is 15.3. The van der Waals surface area contributed by atoms with Crippen LogP contribution in [-0.2, 0) is 0 Å². The van der Waals surface area contributed by atoms with Gasteiger partial charge in [0.05, 0.1) is 23.7 Å². The largest absolute Gasteiger partial charge is 0.491 e. The molecule has 104 valence electrons. The standard InChI is InChI=1S/C13H16ClNO4/c1-4-10(15(16)17)6-9-7-11(14)13(18-3)12(8-9)19-5-2/h6-8H,4-5H2,1-3H3/b10-6-. The van der Waals surface area contributed by atoms with Gasteiger partial charge < -0.3 is 9.47 Å². The van der Waals surface area contributed by atoms with Crippen LogP contribution >= 0.6 is 11.6 Å². The Hall–Kier alpha value is -1.75. The highest BCUT2D eigenvalue weighted by molar-refractivity contribution is 6.32. The van der Waals surface area contributed by atoms with Crippen LogP contribution in [0.1, 0.15) is 25.8 Å². The van der Waals surface area contributed by atoms with E-state index < -0.39 is 4.92 Å². The van der Waals surface area contributed by atoms with Gasteiger partial charge in [0.25, 0.3) is 0 Å². The van der Waals surface area contributed by atoms with Gasteiger partial charge in [-0.25, -0.2) is 0 Å². The number of benzene rings is 1. The second-order valence-electron chi connectivity index (χ2n) is 3.71. The SMILES string of the molecule is CCOc1cc(/C=C(/CC)[N+](=O)[O-])cc(Cl)c1OC. The Kier molecular flexibility index (Phi) is 5.63. The Morgan fingerprint density at radius 2 is 2.16 bits per heavy atom. The van der Waals surface area contributed by atoms with E-state index in [9.17, 15) is 10.1 Å². The monoisotopic (exact) mass is 285 g/mol. The number of methoxy groups -OCH3 is 1. The number of rotatable bonds is 6. The molecule has 5 nitrogen and oxygen atoms in total. The molecule has 19 heavy (non-hydrogen) atoms. The van der Waals surface area contributed by atoms with Crippen molar-refractivity contribution in [3.63, 3.8) is 0 Å². The Labute approximate surface area is 116 Å². The van der Waals surface area contributed by atoms with E-state index in [-0.39, 0.29) is 5.70 Å². The smallest absolute Gasteiger partial charge is 0.246 e. The van der Waals surface area contributed by atoms with Crippen LogP contribution in [0.3, 0.4) is 0 Å². The molecule has 0 saturated heterocycles. The molecule has 0 fully saturated rings. The van der Waals surface area contributed by atoms with Crippen LogP contribution in [0.4, 0.5) is 0 Å². The third-order valence-electron chi connectivity index (χ3n) is 2.47. The number of halogens is 1. The third kappa shape index (κ3) is 3.86. The molecule has 1 aromatic rings. The lowest BCUT2D eigenvalue weighted by molar-refractivity contribution is -0.425. The highest BCUT2D eigenvalue weighted by atomic mass is 35.5. The zero-order chi connectivity index (χ0) is 14.4. The summed E-state index contributed by atoms with van der Waals surface area (Å²) in [5.41, 5.74) is 0.728. The van der Waals surface area contributed by atoms with Crippen molar-refractivity contribution < 1.29 is 14.4 Å². The van der Waals surface area contributed by atoms with Crippen molar-refractivity contribution in [3.8, 4) is 11.5 Å². The predicted molar refractivity (Wildman–Crippen MR) is 74.4 cm³/mol. The van der Waals surface area contributed by atoms with Gasteiger partial charge in [-0.05, 0) is 24.6 Å². The summed E-state index contributed by atoms with van der Waals surface area (Å²) in [5, 5.41) is 11.2. The lowest BCUT2D eigenvalue weighted by atomic mass is 10.1. The molecule has 0 unspecified atom stereocenters. The Morgan fingerprint density at radius 3 is 2.63 bits per heavy atom. The molecule has 0 aliphatic rings. The second kappa shape index (κ2) is 6.99. The molecule has 0 bridgehead atoms. The van der Waals surface area contributed by atoms with Gasteiger partial charge in [0.2, 0.25) is 5.70 Å². The van der Waals surface area contributed by atoms with Crippen molar-refractivity contribution in [3.05, 3.63) is 38.5 Å². The van der Waals surface area contributed by atoms with E-state index in [4.69, 9.17) is 21.1 Å². The van der Waals surface area contributed by atoms with Crippen LogP contribution in [0, 0.1) is 10.1 Å². The quantitative estimate of drug-likeness (QED) is 0.589.